The maximum Gasteiger partial charge on any atom is 0.256 e. The third-order valence-corrected chi connectivity index (χ3v) is 5.03. The summed E-state index contributed by atoms with van der Waals surface area (Å²) in [5.74, 6) is 0.601. The lowest BCUT2D eigenvalue weighted by molar-refractivity contribution is 0.102. The van der Waals surface area contributed by atoms with E-state index >= 15 is 0 Å². The number of ether oxygens (including phenoxy) is 2. The Morgan fingerprint density at radius 3 is 2.63 bits per heavy atom. The van der Waals surface area contributed by atoms with Crippen molar-refractivity contribution in [3.63, 3.8) is 0 Å². The standard InChI is InChI=1S/C20H17FN2O3S/c1-11-7-14(13-4-3-12(21)8-15(13)22-11)20(24)23-16-9-17-18(10-19(16)27-2)26-6-5-25-17/h3-4,7-10H,5-6H2,1-2H3,(H,23,24). The number of benzene rings is 2. The first kappa shape index (κ1) is 17.6. The van der Waals surface area contributed by atoms with Crippen LogP contribution in [0.5, 0.6) is 11.5 Å². The summed E-state index contributed by atoms with van der Waals surface area (Å²) in [5.41, 5.74) is 2.18. The van der Waals surface area contributed by atoms with Gasteiger partial charge in [0.05, 0.1) is 16.8 Å². The fraction of sp³-hybridized carbons (Fsp3) is 0.200. The molecule has 1 N–H and O–H groups in total. The normalized spacial score (nSPS) is 12.9. The lowest BCUT2D eigenvalue weighted by atomic mass is 10.1. The van der Waals surface area contributed by atoms with Crippen LogP contribution in [0.2, 0.25) is 0 Å². The molecule has 0 unspecified atom stereocenters. The van der Waals surface area contributed by atoms with Crippen LogP contribution in [0.25, 0.3) is 10.9 Å². The molecule has 7 heteroatoms. The van der Waals surface area contributed by atoms with Gasteiger partial charge < -0.3 is 14.8 Å². The van der Waals surface area contributed by atoms with Crippen LogP contribution in [0.1, 0.15) is 16.1 Å². The lowest BCUT2D eigenvalue weighted by Crippen LogP contribution is -2.17. The Labute approximate surface area is 159 Å². The van der Waals surface area contributed by atoms with Crippen molar-refractivity contribution in [2.45, 2.75) is 11.8 Å². The van der Waals surface area contributed by atoms with Gasteiger partial charge in [0.15, 0.2) is 11.5 Å². The molecular weight excluding hydrogens is 367 g/mol. The van der Waals surface area contributed by atoms with Gasteiger partial charge in [0.1, 0.15) is 19.0 Å². The van der Waals surface area contributed by atoms with Crippen molar-refractivity contribution >= 4 is 34.3 Å². The van der Waals surface area contributed by atoms with E-state index in [-0.39, 0.29) is 11.7 Å². The summed E-state index contributed by atoms with van der Waals surface area (Å²) in [4.78, 5) is 18.2. The first-order chi connectivity index (χ1) is 13.0. The van der Waals surface area contributed by atoms with E-state index in [0.29, 0.717) is 52.6 Å². The predicted molar refractivity (Wildman–Crippen MR) is 104 cm³/mol. The first-order valence-corrected chi connectivity index (χ1v) is 9.63. The molecule has 1 amide bonds. The van der Waals surface area contributed by atoms with Gasteiger partial charge in [-0.1, -0.05) is 0 Å². The fourth-order valence-electron chi connectivity index (χ4n) is 3.05. The highest BCUT2D eigenvalue weighted by Gasteiger charge is 2.19. The summed E-state index contributed by atoms with van der Waals surface area (Å²) < 4.78 is 24.8. The van der Waals surface area contributed by atoms with Gasteiger partial charge in [0.25, 0.3) is 5.91 Å². The Morgan fingerprint density at radius 2 is 1.89 bits per heavy atom. The highest BCUT2D eigenvalue weighted by Crippen LogP contribution is 2.39. The van der Waals surface area contributed by atoms with Crippen LogP contribution in [-0.4, -0.2) is 30.4 Å². The monoisotopic (exact) mass is 384 g/mol. The second-order valence-electron chi connectivity index (χ2n) is 6.12. The van der Waals surface area contributed by atoms with Gasteiger partial charge in [-0.15, -0.1) is 11.8 Å². The molecule has 0 radical (unpaired) electrons. The lowest BCUT2D eigenvalue weighted by Gasteiger charge is -2.21. The van der Waals surface area contributed by atoms with E-state index in [0.717, 1.165) is 4.90 Å². The van der Waals surface area contributed by atoms with Crippen molar-refractivity contribution in [3.8, 4) is 11.5 Å². The SMILES string of the molecule is CSc1cc2c(cc1NC(=O)c1cc(C)nc3cc(F)ccc13)OCCO2. The van der Waals surface area contributed by atoms with Gasteiger partial charge >= 0.3 is 0 Å². The Kier molecular flexibility index (Phi) is 4.61. The van der Waals surface area contributed by atoms with E-state index in [4.69, 9.17) is 9.47 Å². The third kappa shape index (κ3) is 3.42. The second kappa shape index (κ2) is 7.08. The zero-order valence-corrected chi connectivity index (χ0v) is 15.7. The number of pyridine rings is 1. The quantitative estimate of drug-likeness (QED) is 0.677. The average Bonchev–Trinajstić information content (AvgIpc) is 2.66. The van der Waals surface area contributed by atoms with E-state index in [2.05, 4.69) is 10.3 Å². The molecule has 2 aromatic carbocycles. The number of thioether (sulfide) groups is 1. The largest absolute Gasteiger partial charge is 0.486 e. The number of halogens is 1. The molecule has 0 spiro atoms. The van der Waals surface area contributed by atoms with Crippen LogP contribution in [0.15, 0.2) is 41.3 Å². The summed E-state index contributed by atoms with van der Waals surface area (Å²) >= 11 is 1.50. The maximum atomic E-state index is 13.5. The highest BCUT2D eigenvalue weighted by molar-refractivity contribution is 7.98. The van der Waals surface area contributed by atoms with Gasteiger partial charge in [0, 0.05) is 28.1 Å². The minimum atomic E-state index is -0.386. The molecule has 3 aromatic rings. The third-order valence-electron chi connectivity index (χ3n) is 4.26. The van der Waals surface area contributed by atoms with Gasteiger partial charge in [0.2, 0.25) is 0 Å². The predicted octanol–water partition coefficient (Wildman–Crippen LogP) is 4.43. The Balaban J connectivity index is 1.74. The van der Waals surface area contributed by atoms with Crippen LogP contribution < -0.4 is 14.8 Å². The van der Waals surface area contributed by atoms with Crippen molar-refractivity contribution in [2.24, 2.45) is 0 Å². The molecule has 0 saturated carbocycles. The first-order valence-electron chi connectivity index (χ1n) is 8.41. The summed E-state index contributed by atoms with van der Waals surface area (Å²) in [6.07, 6.45) is 1.93. The summed E-state index contributed by atoms with van der Waals surface area (Å²) in [6, 6.07) is 9.57. The fourth-order valence-corrected chi connectivity index (χ4v) is 3.60. The van der Waals surface area contributed by atoms with Crippen molar-refractivity contribution in [3.05, 3.63) is 53.5 Å². The van der Waals surface area contributed by atoms with Crippen LogP contribution >= 0.6 is 11.8 Å². The Morgan fingerprint density at radius 1 is 1.15 bits per heavy atom. The molecule has 138 valence electrons. The van der Waals surface area contributed by atoms with E-state index in [1.54, 1.807) is 25.1 Å². The minimum Gasteiger partial charge on any atom is -0.486 e. The number of amides is 1. The number of rotatable bonds is 3. The zero-order chi connectivity index (χ0) is 19.0. The molecule has 1 aliphatic rings. The van der Waals surface area contributed by atoms with Crippen LogP contribution in [-0.2, 0) is 0 Å². The summed E-state index contributed by atoms with van der Waals surface area (Å²) in [6.45, 7) is 2.75. The molecule has 0 atom stereocenters. The maximum absolute atomic E-state index is 13.5. The number of nitrogens with one attached hydrogen (secondary N) is 1. The van der Waals surface area contributed by atoms with Crippen molar-refractivity contribution < 1.29 is 18.7 Å². The van der Waals surface area contributed by atoms with Crippen molar-refractivity contribution in [1.82, 2.24) is 4.98 Å². The zero-order valence-electron chi connectivity index (χ0n) is 14.8. The average molecular weight is 384 g/mol. The second-order valence-corrected chi connectivity index (χ2v) is 6.97. The smallest absolute Gasteiger partial charge is 0.256 e. The van der Waals surface area contributed by atoms with Crippen LogP contribution in [0.3, 0.4) is 0 Å². The molecule has 2 heterocycles. The minimum absolute atomic E-state index is 0.288. The molecule has 27 heavy (non-hydrogen) atoms. The van der Waals surface area contributed by atoms with Crippen molar-refractivity contribution in [2.75, 3.05) is 24.8 Å². The molecule has 0 aliphatic carbocycles. The molecule has 5 nitrogen and oxygen atoms in total. The topological polar surface area (TPSA) is 60.5 Å². The molecular formula is C20H17FN2O3S. The van der Waals surface area contributed by atoms with Gasteiger partial charge in [-0.3, -0.25) is 9.78 Å². The molecule has 1 aliphatic heterocycles. The van der Waals surface area contributed by atoms with E-state index < -0.39 is 0 Å². The number of anilines is 1. The number of carbonyl (C=O) groups excluding carboxylic acids is 1. The summed E-state index contributed by atoms with van der Waals surface area (Å²) in [7, 11) is 0. The van der Waals surface area contributed by atoms with Crippen molar-refractivity contribution in [1.29, 1.82) is 0 Å². The van der Waals surface area contributed by atoms with Crippen LogP contribution in [0.4, 0.5) is 10.1 Å². The van der Waals surface area contributed by atoms with Gasteiger partial charge in [-0.25, -0.2) is 4.39 Å². The van der Waals surface area contributed by atoms with Gasteiger partial charge in [-0.05, 0) is 37.4 Å². The number of hydrogen-bond donors (Lipinski definition) is 1. The number of hydrogen-bond acceptors (Lipinski definition) is 5. The Bertz CT molecular complexity index is 1050. The van der Waals surface area contributed by atoms with E-state index in [1.807, 2.05) is 12.3 Å². The number of nitrogens with zero attached hydrogens (tertiary/aromatic N) is 1. The van der Waals surface area contributed by atoms with E-state index in [9.17, 15) is 9.18 Å². The number of aryl methyl sites for hydroxylation is 1. The molecule has 1 aromatic heterocycles. The van der Waals surface area contributed by atoms with E-state index in [1.165, 1.54) is 23.9 Å². The highest BCUT2D eigenvalue weighted by atomic mass is 32.2. The van der Waals surface area contributed by atoms with Gasteiger partial charge in [-0.2, -0.15) is 0 Å². The number of fused-ring (bicyclic) bond motifs is 2. The molecule has 0 saturated heterocycles. The van der Waals surface area contributed by atoms with Crippen LogP contribution in [0, 0.1) is 12.7 Å². The molecule has 0 bridgehead atoms. The number of carbonyl (C=O) groups is 1. The Hall–Kier alpha value is -2.80. The molecule has 4 rings (SSSR count). The number of aromatic nitrogens is 1. The summed E-state index contributed by atoms with van der Waals surface area (Å²) in [5, 5.41) is 3.54. The molecule has 0 fully saturated rings.